The van der Waals surface area contributed by atoms with E-state index in [1.807, 2.05) is 13.0 Å². The second kappa shape index (κ2) is 6.92. The molecule has 2 aromatic rings. The Morgan fingerprint density at radius 3 is 2.85 bits per heavy atom. The number of carbonyl (C=O) groups is 1. The van der Waals surface area contributed by atoms with Crippen molar-refractivity contribution in [1.82, 2.24) is 14.8 Å². The van der Waals surface area contributed by atoms with Crippen LogP contribution in [0.3, 0.4) is 0 Å². The summed E-state index contributed by atoms with van der Waals surface area (Å²) in [5.41, 5.74) is 1.73. The van der Waals surface area contributed by atoms with Crippen molar-refractivity contribution in [1.29, 1.82) is 0 Å². The van der Waals surface area contributed by atoms with Crippen molar-refractivity contribution in [3.8, 4) is 0 Å². The van der Waals surface area contributed by atoms with Crippen LogP contribution in [0, 0.1) is 5.92 Å². The first kappa shape index (κ1) is 18.7. The number of fused-ring (bicyclic) bond motifs is 1. The highest BCUT2D eigenvalue weighted by molar-refractivity contribution is 7.18. The third kappa shape index (κ3) is 3.71. The Kier molecular flexibility index (Phi) is 4.98. The molecule has 1 aromatic carbocycles. The van der Waals surface area contributed by atoms with Crippen molar-refractivity contribution in [2.45, 2.75) is 19.3 Å². The SMILES string of the molecule is C[C@H]1CC=C(c2ccc3sc(C(F)(F)CN(C)C)nc3c2)N(C(=O)O)C1. The Bertz CT molecular complexity index is 863. The number of nitrogens with zero attached hydrogens (tertiary/aromatic N) is 3. The van der Waals surface area contributed by atoms with Crippen LogP contribution in [0.15, 0.2) is 24.3 Å². The number of hydrogen-bond acceptors (Lipinski definition) is 4. The predicted molar refractivity (Wildman–Crippen MR) is 98.6 cm³/mol. The summed E-state index contributed by atoms with van der Waals surface area (Å²) in [7, 11) is 3.19. The van der Waals surface area contributed by atoms with Crippen LogP contribution < -0.4 is 0 Å². The topological polar surface area (TPSA) is 56.7 Å². The molecule has 1 aliphatic heterocycles. The number of amides is 1. The molecule has 0 unspecified atom stereocenters. The molecule has 0 saturated carbocycles. The Morgan fingerprint density at radius 2 is 2.19 bits per heavy atom. The summed E-state index contributed by atoms with van der Waals surface area (Å²) in [4.78, 5) is 18.4. The molecule has 8 heteroatoms. The number of hydrogen-bond donors (Lipinski definition) is 1. The summed E-state index contributed by atoms with van der Waals surface area (Å²) in [6, 6.07) is 5.20. The molecular formula is C18H21F2N3O2S. The van der Waals surface area contributed by atoms with Crippen LogP contribution >= 0.6 is 11.3 Å². The second-order valence-corrected chi connectivity index (χ2v) is 8.00. The van der Waals surface area contributed by atoms with Gasteiger partial charge in [-0.2, -0.15) is 8.78 Å². The van der Waals surface area contributed by atoms with Gasteiger partial charge in [0.05, 0.1) is 22.5 Å². The number of halogens is 2. The number of alkyl halides is 2. The summed E-state index contributed by atoms with van der Waals surface area (Å²) in [6.07, 6.45) is 1.65. The van der Waals surface area contributed by atoms with Gasteiger partial charge in [-0.15, -0.1) is 11.3 Å². The second-order valence-electron chi connectivity index (χ2n) is 6.97. The van der Waals surface area contributed by atoms with Crippen molar-refractivity contribution >= 4 is 33.3 Å². The highest BCUT2D eigenvalue weighted by atomic mass is 32.1. The zero-order valence-corrected chi connectivity index (χ0v) is 15.7. The van der Waals surface area contributed by atoms with Crippen molar-refractivity contribution in [3.63, 3.8) is 0 Å². The van der Waals surface area contributed by atoms with Crippen LogP contribution in [-0.2, 0) is 5.92 Å². The summed E-state index contributed by atoms with van der Waals surface area (Å²) < 4.78 is 29.3. The fraction of sp³-hybridized carbons (Fsp3) is 0.444. The van der Waals surface area contributed by atoms with Gasteiger partial charge in [-0.1, -0.05) is 19.1 Å². The summed E-state index contributed by atoms with van der Waals surface area (Å²) >= 11 is 0.972. The molecule has 5 nitrogen and oxygen atoms in total. The van der Waals surface area contributed by atoms with E-state index in [0.29, 0.717) is 28.0 Å². The highest BCUT2D eigenvalue weighted by Gasteiger charge is 2.36. The molecule has 26 heavy (non-hydrogen) atoms. The Balaban J connectivity index is 1.98. The Labute approximate surface area is 154 Å². The molecule has 1 N–H and O–H groups in total. The number of rotatable bonds is 4. The van der Waals surface area contributed by atoms with Gasteiger partial charge in [0.15, 0.2) is 5.01 Å². The third-order valence-corrected chi connectivity index (χ3v) is 5.39. The molecule has 3 rings (SSSR count). The minimum atomic E-state index is -3.03. The molecule has 0 fully saturated rings. The summed E-state index contributed by atoms with van der Waals surface area (Å²) in [5, 5.41) is 9.24. The highest BCUT2D eigenvalue weighted by Crippen LogP contribution is 2.36. The summed E-state index contributed by atoms with van der Waals surface area (Å²) in [5.74, 6) is -2.78. The summed E-state index contributed by atoms with van der Waals surface area (Å²) in [6.45, 7) is 2.00. The average molecular weight is 381 g/mol. The Morgan fingerprint density at radius 1 is 1.46 bits per heavy atom. The van der Waals surface area contributed by atoms with Gasteiger partial charge in [0, 0.05) is 12.1 Å². The molecule has 0 saturated heterocycles. The molecule has 0 aliphatic carbocycles. The number of allylic oxidation sites excluding steroid dienone is 1. The lowest BCUT2D eigenvalue weighted by Gasteiger charge is -2.29. The van der Waals surface area contributed by atoms with Crippen LogP contribution in [0.25, 0.3) is 15.9 Å². The van der Waals surface area contributed by atoms with E-state index in [1.165, 1.54) is 9.80 Å². The van der Waals surface area contributed by atoms with Gasteiger partial charge in [-0.3, -0.25) is 4.90 Å². The van der Waals surface area contributed by atoms with E-state index in [9.17, 15) is 18.7 Å². The molecule has 1 amide bonds. The van der Waals surface area contributed by atoms with E-state index in [2.05, 4.69) is 4.98 Å². The van der Waals surface area contributed by atoms with E-state index >= 15 is 0 Å². The quantitative estimate of drug-likeness (QED) is 0.857. The molecule has 0 bridgehead atoms. The standard InChI is InChI=1S/C18H21F2N3O2S/c1-11-4-6-14(23(9-11)17(24)25)12-5-7-15-13(8-12)21-16(26-15)18(19,20)10-22(2)3/h5-8,11H,4,9-10H2,1-3H3,(H,24,25)/t11-/m0/s1. The molecule has 1 aliphatic rings. The van der Waals surface area contributed by atoms with Gasteiger partial charge in [-0.05, 0) is 38.6 Å². The number of benzene rings is 1. The molecular weight excluding hydrogens is 360 g/mol. The number of likely N-dealkylation sites (N-methyl/N-ethyl adjacent to an activating group) is 1. The van der Waals surface area contributed by atoms with Crippen molar-refractivity contribution in [3.05, 3.63) is 34.8 Å². The van der Waals surface area contributed by atoms with Crippen LogP contribution in [0.2, 0.25) is 0 Å². The van der Waals surface area contributed by atoms with E-state index in [0.717, 1.165) is 17.8 Å². The zero-order chi connectivity index (χ0) is 19.1. The molecule has 1 atom stereocenters. The molecule has 140 valence electrons. The molecule has 0 radical (unpaired) electrons. The first-order valence-electron chi connectivity index (χ1n) is 8.32. The first-order valence-corrected chi connectivity index (χ1v) is 9.13. The van der Waals surface area contributed by atoms with Gasteiger partial charge >= 0.3 is 12.0 Å². The van der Waals surface area contributed by atoms with Gasteiger partial charge in [0.2, 0.25) is 0 Å². The third-order valence-electron chi connectivity index (χ3n) is 4.24. The fourth-order valence-corrected chi connectivity index (χ4v) is 3.98. The lowest BCUT2D eigenvalue weighted by atomic mass is 9.98. The van der Waals surface area contributed by atoms with Gasteiger partial charge in [-0.25, -0.2) is 9.78 Å². The lowest BCUT2D eigenvalue weighted by molar-refractivity contribution is -0.0269. The van der Waals surface area contributed by atoms with Crippen LogP contribution in [0.4, 0.5) is 13.6 Å². The van der Waals surface area contributed by atoms with E-state index < -0.39 is 18.6 Å². The number of carboxylic acid groups (broad SMARTS) is 1. The van der Waals surface area contributed by atoms with E-state index in [4.69, 9.17) is 0 Å². The van der Waals surface area contributed by atoms with E-state index in [1.54, 1.807) is 32.3 Å². The molecule has 2 heterocycles. The van der Waals surface area contributed by atoms with Gasteiger partial charge in [0.25, 0.3) is 0 Å². The van der Waals surface area contributed by atoms with Crippen molar-refractivity contribution in [2.75, 3.05) is 27.2 Å². The predicted octanol–water partition coefficient (Wildman–Crippen LogP) is 4.31. The van der Waals surface area contributed by atoms with Crippen LogP contribution in [0.5, 0.6) is 0 Å². The minimum Gasteiger partial charge on any atom is -0.465 e. The first-order chi connectivity index (χ1) is 12.2. The maximum Gasteiger partial charge on any atom is 0.411 e. The maximum absolute atomic E-state index is 14.3. The lowest BCUT2D eigenvalue weighted by Crippen LogP contribution is -2.34. The monoisotopic (exact) mass is 381 g/mol. The largest absolute Gasteiger partial charge is 0.465 e. The minimum absolute atomic E-state index is 0.223. The molecule has 0 spiro atoms. The van der Waals surface area contributed by atoms with Crippen molar-refractivity contribution < 1.29 is 18.7 Å². The van der Waals surface area contributed by atoms with Crippen LogP contribution in [0.1, 0.15) is 23.9 Å². The maximum atomic E-state index is 14.3. The van der Waals surface area contributed by atoms with Gasteiger partial charge in [0.1, 0.15) is 0 Å². The van der Waals surface area contributed by atoms with E-state index in [-0.39, 0.29) is 10.9 Å². The van der Waals surface area contributed by atoms with Crippen molar-refractivity contribution in [2.24, 2.45) is 5.92 Å². The normalized spacial score (nSPS) is 18.5. The average Bonchev–Trinajstić information content (AvgIpc) is 2.97. The smallest absolute Gasteiger partial charge is 0.411 e. The number of aromatic nitrogens is 1. The van der Waals surface area contributed by atoms with Crippen LogP contribution in [-0.4, -0.2) is 53.2 Å². The molecule has 1 aromatic heterocycles. The number of thiazole rings is 1. The Hall–Kier alpha value is -2.06. The van der Waals surface area contributed by atoms with Gasteiger partial charge < -0.3 is 10.0 Å². The zero-order valence-electron chi connectivity index (χ0n) is 14.9. The fourth-order valence-electron chi connectivity index (χ4n) is 3.07.